The number of hydrogen-bond donors (Lipinski definition) is 0. The van der Waals surface area contributed by atoms with Crippen LogP contribution in [0.25, 0.3) is 10.8 Å². The van der Waals surface area contributed by atoms with E-state index in [0.29, 0.717) is 0 Å². The van der Waals surface area contributed by atoms with E-state index in [0.717, 1.165) is 10.7 Å². The van der Waals surface area contributed by atoms with Gasteiger partial charge in [0.1, 0.15) is 0 Å². The second kappa shape index (κ2) is 3.60. The average molecular weight is 280 g/mol. The predicted molar refractivity (Wildman–Crippen MR) is 73.2 cm³/mol. The molecule has 0 N–H and O–H groups in total. The Balaban J connectivity index is 2.22. The van der Waals surface area contributed by atoms with Crippen LogP contribution in [0.2, 0.25) is 0 Å². The third-order valence-corrected chi connectivity index (χ3v) is 6.35. The highest BCUT2D eigenvalue weighted by Gasteiger charge is 2.16. The van der Waals surface area contributed by atoms with E-state index in [1.165, 1.54) is 20.6 Å². The molecule has 4 rings (SSSR count). The summed E-state index contributed by atoms with van der Waals surface area (Å²) >= 11 is 0. The Morgan fingerprint density at radius 2 is 1.19 bits per heavy atom. The van der Waals surface area contributed by atoms with Crippen LogP contribution in [-0.2, 0) is 0 Å². The van der Waals surface area contributed by atoms with Gasteiger partial charge in [0.05, 0.1) is 20.5 Å². The summed E-state index contributed by atoms with van der Waals surface area (Å²) < 4.78 is 8.77. The van der Waals surface area contributed by atoms with Crippen molar-refractivity contribution in [2.75, 3.05) is 0 Å². The third-order valence-electron chi connectivity index (χ3n) is 2.57. The van der Waals surface area contributed by atoms with Crippen molar-refractivity contribution in [3.63, 3.8) is 0 Å². The minimum absolute atomic E-state index is 1.11. The van der Waals surface area contributed by atoms with Crippen molar-refractivity contribution in [2.24, 2.45) is 8.80 Å². The minimum atomic E-state index is 1.11. The van der Waals surface area contributed by atoms with Gasteiger partial charge in [0.2, 0.25) is 0 Å². The maximum atomic E-state index is 4.39. The Kier molecular flexibility index (Phi) is 2.18. The van der Waals surface area contributed by atoms with Gasteiger partial charge in [-0.25, -0.2) is 8.80 Å². The van der Waals surface area contributed by atoms with E-state index in [2.05, 4.69) is 33.1 Å². The van der Waals surface area contributed by atoms with E-state index in [1.54, 1.807) is 43.5 Å². The smallest absolute Gasteiger partial charge is 0.0874 e. The summed E-state index contributed by atoms with van der Waals surface area (Å²) in [4.78, 5) is 2.59. The predicted octanol–water partition coefficient (Wildman–Crippen LogP) is 3.42. The van der Waals surface area contributed by atoms with Crippen LogP contribution in [0.15, 0.2) is 42.9 Å². The molecule has 2 heterocycles. The number of hydrogen-bond acceptors (Lipinski definition) is 6. The lowest BCUT2D eigenvalue weighted by molar-refractivity contribution is 1.31. The standard InChI is InChI=1S/C10H4N2S4/c1-3-7-10(14-15-11-7)6-2-4-8-9(5(1)6)13-16-12-8/h1-4H. The first-order valence-electron chi connectivity index (χ1n) is 4.63. The summed E-state index contributed by atoms with van der Waals surface area (Å²) in [6.45, 7) is 0. The molecule has 0 aliphatic carbocycles. The summed E-state index contributed by atoms with van der Waals surface area (Å²) in [5.74, 6) is 0. The van der Waals surface area contributed by atoms with Crippen LogP contribution < -0.4 is 10.7 Å². The summed E-state index contributed by atoms with van der Waals surface area (Å²) in [7, 11) is 6.61. The number of nitrogens with zero attached hydrogens (tertiary/aromatic N) is 2. The Bertz CT molecular complexity index is 662. The zero-order valence-electron chi connectivity index (χ0n) is 7.84. The van der Waals surface area contributed by atoms with Gasteiger partial charge < -0.3 is 0 Å². The molecule has 0 spiro atoms. The minimum Gasteiger partial charge on any atom is -0.204 e. The molecule has 0 aromatic heterocycles. The molecule has 2 aliphatic heterocycles. The van der Waals surface area contributed by atoms with Gasteiger partial charge in [-0.15, -0.1) is 0 Å². The number of fused-ring (bicyclic) bond motifs is 5. The Labute approximate surface area is 107 Å². The molecular formula is C10H4N2S4. The summed E-state index contributed by atoms with van der Waals surface area (Å²) in [5.41, 5.74) is 0. The molecule has 2 aliphatic rings. The maximum Gasteiger partial charge on any atom is 0.0874 e. The van der Waals surface area contributed by atoms with Crippen LogP contribution >= 0.6 is 43.5 Å². The summed E-state index contributed by atoms with van der Waals surface area (Å²) in [5, 5.41) is 4.82. The molecule has 0 saturated carbocycles. The molecule has 78 valence electrons. The van der Waals surface area contributed by atoms with E-state index in [9.17, 15) is 0 Å². The monoisotopic (exact) mass is 280 g/mol. The fourth-order valence-electron chi connectivity index (χ4n) is 1.84. The normalized spacial score (nSPS) is 16.8. The molecular weight excluding hydrogens is 276 g/mol. The molecule has 0 unspecified atom stereocenters. The number of benzene rings is 2. The van der Waals surface area contributed by atoms with Gasteiger partial charge in [-0.05, 0) is 44.5 Å². The quantitative estimate of drug-likeness (QED) is 0.545. The van der Waals surface area contributed by atoms with Crippen molar-refractivity contribution < 1.29 is 0 Å². The van der Waals surface area contributed by atoms with Crippen molar-refractivity contribution in [3.8, 4) is 0 Å². The maximum absolute atomic E-state index is 4.39. The van der Waals surface area contributed by atoms with Crippen molar-refractivity contribution in [3.05, 3.63) is 35.0 Å². The van der Waals surface area contributed by atoms with Crippen LogP contribution in [0.1, 0.15) is 0 Å². The summed E-state index contributed by atoms with van der Waals surface area (Å²) in [6.07, 6.45) is 0. The van der Waals surface area contributed by atoms with Gasteiger partial charge in [0.25, 0.3) is 0 Å². The highest BCUT2D eigenvalue weighted by atomic mass is 33.1. The van der Waals surface area contributed by atoms with Crippen molar-refractivity contribution in [2.45, 2.75) is 9.79 Å². The SMILES string of the molecule is c1cc2c3c(ccc2c2c1=NSS2)=NSS3. The lowest BCUT2D eigenvalue weighted by atomic mass is 10.1. The molecule has 2 aromatic rings. The van der Waals surface area contributed by atoms with Crippen LogP contribution in [0.3, 0.4) is 0 Å². The molecule has 6 heteroatoms. The zero-order chi connectivity index (χ0) is 10.5. The molecule has 2 aromatic carbocycles. The summed E-state index contributed by atoms with van der Waals surface area (Å²) in [6, 6.07) is 8.54. The average Bonchev–Trinajstić information content (AvgIpc) is 2.96. The fourth-order valence-corrected chi connectivity index (χ4v) is 5.78. The first kappa shape index (κ1) is 9.70. The molecule has 2 nitrogen and oxygen atoms in total. The van der Waals surface area contributed by atoms with Gasteiger partial charge in [0.15, 0.2) is 0 Å². The van der Waals surface area contributed by atoms with Gasteiger partial charge in [-0.2, -0.15) is 0 Å². The Morgan fingerprint density at radius 3 is 1.69 bits per heavy atom. The van der Waals surface area contributed by atoms with Crippen molar-refractivity contribution in [1.29, 1.82) is 0 Å². The second-order valence-electron chi connectivity index (χ2n) is 3.42. The van der Waals surface area contributed by atoms with E-state index in [-0.39, 0.29) is 0 Å². The zero-order valence-corrected chi connectivity index (χ0v) is 11.1. The molecule has 16 heavy (non-hydrogen) atoms. The largest absolute Gasteiger partial charge is 0.204 e. The lowest BCUT2D eigenvalue weighted by Crippen LogP contribution is -2.04. The first-order chi connectivity index (χ1) is 7.93. The van der Waals surface area contributed by atoms with E-state index in [4.69, 9.17) is 0 Å². The third kappa shape index (κ3) is 1.27. The fraction of sp³-hybridized carbons (Fsp3) is 0. The van der Waals surface area contributed by atoms with Gasteiger partial charge >= 0.3 is 0 Å². The molecule has 0 saturated heterocycles. The molecule has 0 amide bonds. The van der Waals surface area contributed by atoms with E-state index < -0.39 is 0 Å². The highest BCUT2D eigenvalue weighted by Crippen LogP contribution is 2.42. The second-order valence-corrected chi connectivity index (χ2v) is 7.13. The van der Waals surface area contributed by atoms with Crippen molar-refractivity contribution >= 4 is 54.3 Å². The van der Waals surface area contributed by atoms with Crippen LogP contribution in [0.4, 0.5) is 0 Å². The topological polar surface area (TPSA) is 24.7 Å². The van der Waals surface area contributed by atoms with Gasteiger partial charge in [-0.3, -0.25) is 0 Å². The molecule has 0 fully saturated rings. The van der Waals surface area contributed by atoms with Crippen molar-refractivity contribution in [1.82, 2.24) is 0 Å². The molecule has 0 radical (unpaired) electrons. The van der Waals surface area contributed by atoms with Gasteiger partial charge in [0, 0.05) is 22.0 Å². The molecule has 0 bridgehead atoms. The molecule has 0 atom stereocenters. The first-order valence-corrected chi connectivity index (χ1v) is 8.84. The highest BCUT2D eigenvalue weighted by molar-refractivity contribution is 8.76. The van der Waals surface area contributed by atoms with Crippen LogP contribution in [0, 0.1) is 0 Å². The van der Waals surface area contributed by atoms with Gasteiger partial charge in [-0.1, -0.05) is 12.1 Å². The van der Waals surface area contributed by atoms with E-state index >= 15 is 0 Å². The Hall–Kier alpha value is -0.300. The van der Waals surface area contributed by atoms with Crippen LogP contribution in [-0.4, -0.2) is 0 Å². The van der Waals surface area contributed by atoms with E-state index in [1.807, 2.05) is 0 Å². The lowest BCUT2D eigenvalue weighted by Gasteiger charge is -2.02. The number of rotatable bonds is 0. The Morgan fingerprint density at radius 1 is 0.688 bits per heavy atom. The van der Waals surface area contributed by atoms with Crippen LogP contribution in [0.5, 0.6) is 0 Å².